The van der Waals surface area contributed by atoms with Crippen LogP contribution in [0.15, 0.2) is 115 Å². The van der Waals surface area contributed by atoms with Gasteiger partial charge in [-0.2, -0.15) is 0 Å². The number of benzene rings is 4. The molecule has 4 aromatic carbocycles. The van der Waals surface area contributed by atoms with Crippen molar-refractivity contribution >= 4 is 34.8 Å². The Labute approximate surface area is 268 Å². The van der Waals surface area contributed by atoms with Gasteiger partial charge in [-0.15, -0.1) is 0 Å². The first kappa shape index (κ1) is 32.2. The highest BCUT2D eigenvalue weighted by Gasteiger charge is 2.52. The highest BCUT2D eigenvalue weighted by Crippen LogP contribution is 2.45. The zero-order chi connectivity index (χ0) is 32.7. The molecular weight excluding hydrogens is 580 g/mol. The summed E-state index contributed by atoms with van der Waals surface area (Å²) < 4.78 is 0. The molecule has 1 aliphatic heterocycles. The quantitative estimate of drug-likeness (QED) is 0.132. The molecule has 0 fully saturated rings. The van der Waals surface area contributed by atoms with E-state index in [1.54, 1.807) is 77.4 Å². The molecule has 0 unspecified atom stereocenters. The molecule has 5 rings (SSSR count). The number of carbonyl (C=O) groups excluding carboxylic acids is 3. The van der Waals surface area contributed by atoms with Gasteiger partial charge >= 0.3 is 0 Å². The van der Waals surface area contributed by atoms with Gasteiger partial charge in [0.25, 0.3) is 11.8 Å². The molecule has 0 aliphatic carbocycles. The van der Waals surface area contributed by atoms with E-state index in [2.05, 4.69) is 5.32 Å². The third-order valence-electron chi connectivity index (χ3n) is 8.22. The Hall–Kier alpha value is -5.25. The van der Waals surface area contributed by atoms with Gasteiger partial charge < -0.3 is 31.1 Å². The Bertz CT molecular complexity index is 1710. The number of nitrogens with one attached hydrogen (secondary N) is 1. The van der Waals surface area contributed by atoms with Crippen molar-refractivity contribution in [3.8, 4) is 0 Å². The molecule has 1 heterocycles. The predicted octanol–water partition coefficient (Wildman–Crippen LogP) is 4.86. The van der Waals surface area contributed by atoms with Crippen LogP contribution in [0.2, 0.25) is 0 Å². The van der Waals surface area contributed by atoms with Gasteiger partial charge in [0.2, 0.25) is 5.91 Å². The zero-order valence-electron chi connectivity index (χ0n) is 25.7. The summed E-state index contributed by atoms with van der Waals surface area (Å²) in [4.78, 5) is 42.6. The van der Waals surface area contributed by atoms with E-state index in [0.29, 0.717) is 34.7 Å². The molecule has 0 spiro atoms. The molecule has 0 saturated carbocycles. The van der Waals surface area contributed by atoms with Gasteiger partial charge in [-0.1, -0.05) is 79.7 Å². The second kappa shape index (κ2) is 14.2. The molecule has 0 saturated heterocycles. The summed E-state index contributed by atoms with van der Waals surface area (Å²) in [7, 11) is 0. The topological polar surface area (TPSA) is 136 Å². The third-order valence-corrected chi connectivity index (χ3v) is 8.22. The van der Waals surface area contributed by atoms with Crippen LogP contribution in [0.3, 0.4) is 0 Å². The van der Waals surface area contributed by atoms with E-state index in [9.17, 15) is 24.6 Å². The number of rotatable bonds is 12. The van der Waals surface area contributed by atoms with Crippen LogP contribution in [0, 0.1) is 5.92 Å². The Kier molecular flexibility index (Phi) is 9.95. The minimum Gasteiger partial charge on any atom is -0.399 e. The summed E-state index contributed by atoms with van der Waals surface area (Å²) in [6.45, 7) is 2.41. The van der Waals surface area contributed by atoms with Crippen LogP contribution in [0.4, 0.5) is 17.1 Å². The molecule has 5 N–H and O–H groups in total. The fourth-order valence-corrected chi connectivity index (χ4v) is 5.63. The lowest BCUT2D eigenvalue weighted by Gasteiger charge is -2.28. The highest BCUT2D eigenvalue weighted by molar-refractivity contribution is 6.07. The number of para-hydroxylation sites is 1. The van der Waals surface area contributed by atoms with Crippen molar-refractivity contribution in [1.82, 2.24) is 4.90 Å². The molecule has 0 bridgehead atoms. The lowest BCUT2D eigenvalue weighted by molar-refractivity contribution is -0.139. The highest BCUT2D eigenvalue weighted by atomic mass is 16.3. The standard InChI is InChI=1S/C37H38N4O5/c1-26(8-7-13-34(43)40(22-23-42)24-27-9-3-2-4-10-27)37(46)32-11-5-6-12-33(32)41(36(37)45)25-28-14-20-31(21-15-28)39-35(44)29-16-18-30(38)19-17-29/h2-12,14-21,26,42,46H,13,22-25,38H2,1H3,(H,39,44)/b8-7+/t26-,37+/m1/s1. The van der Waals surface area contributed by atoms with Crippen molar-refractivity contribution in [2.24, 2.45) is 5.92 Å². The number of hydrogen-bond donors (Lipinski definition) is 4. The summed E-state index contributed by atoms with van der Waals surface area (Å²) in [5.41, 5.74) is 8.44. The van der Waals surface area contributed by atoms with Crippen molar-refractivity contribution in [2.45, 2.75) is 32.0 Å². The van der Waals surface area contributed by atoms with Crippen LogP contribution in [0.5, 0.6) is 0 Å². The average Bonchev–Trinajstić information content (AvgIpc) is 3.28. The number of aliphatic hydroxyl groups excluding tert-OH is 1. The van der Waals surface area contributed by atoms with Gasteiger partial charge in [-0.25, -0.2) is 0 Å². The van der Waals surface area contributed by atoms with Crippen LogP contribution in [-0.4, -0.2) is 46.0 Å². The average molecular weight is 619 g/mol. The molecule has 4 aromatic rings. The normalized spacial score (nSPS) is 16.3. The maximum absolute atomic E-state index is 13.9. The monoisotopic (exact) mass is 618 g/mol. The van der Waals surface area contributed by atoms with E-state index in [4.69, 9.17) is 5.73 Å². The number of hydrogen-bond acceptors (Lipinski definition) is 6. The van der Waals surface area contributed by atoms with Crippen LogP contribution in [0.1, 0.15) is 40.4 Å². The van der Waals surface area contributed by atoms with Crippen molar-refractivity contribution in [3.63, 3.8) is 0 Å². The van der Waals surface area contributed by atoms with E-state index >= 15 is 0 Å². The third kappa shape index (κ3) is 7.01. The number of nitrogens with zero attached hydrogens (tertiary/aromatic N) is 2. The van der Waals surface area contributed by atoms with Crippen molar-refractivity contribution in [2.75, 3.05) is 29.1 Å². The van der Waals surface area contributed by atoms with E-state index in [-0.39, 0.29) is 37.9 Å². The molecule has 3 amide bonds. The van der Waals surface area contributed by atoms with E-state index < -0.39 is 17.4 Å². The summed E-state index contributed by atoms with van der Waals surface area (Å²) in [5.74, 6) is -1.52. The van der Waals surface area contributed by atoms with Crippen molar-refractivity contribution < 1.29 is 24.6 Å². The second-order valence-electron chi connectivity index (χ2n) is 11.4. The molecule has 2 atom stereocenters. The van der Waals surface area contributed by atoms with Gasteiger partial charge in [0, 0.05) is 47.9 Å². The first-order chi connectivity index (χ1) is 22.2. The lowest BCUT2D eigenvalue weighted by atomic mass is 9.83. The molecule has 46 heavy (non-hydrogen) atoms. The molecular formula is C37H38N4O5. The molecule has 9 nitrogen and oxygen atoms in total. The Balaban J connectivity index is 1.26. The SMILES string of the molecule is C[C@H](/C=C/CC(=O)N(CCO)Cc1ccccc1)[C@@]1(O)C(=O)N(Cc2ccc(NC(=O)c3ccc(N)cc3)cc2)c2ccccc21. The number of anilines is 3. The number of nitrogens with two attached hydrogens (primary N) is 1. The number of nitrogen functional groups attached to an aromatic ring is 1. The van der Waals surface area contributed by atoms with Gasteiger partial charge in [0.1, 0.15) is 0 Å². The summed E-state index contributed by atoms with van der Waals surface area (Å²) >= 11 is 0. The maximum Gasteiger partial charge on any atom is 0.264 e. The van der Waals surface area contributed by atoms with E-state index in [1.165, 1.54) is 0 Å². The van der Waals surface area contributed by atoms with Crippen LogP contribution in [-0.2, 0) is 28.3 Å². The number of carbonyl (C=O) groups is 3. The summed E-state index contributed by atoms with van der Waals surface area (Å²) in [6, 6.07) is 30.6. The molecule has 1 aliphatic rings. The first-order valence-electron chi connectivity index (χ1n) is 15.2. The Morgan fingerprint density at radius 3 is 2.30 bits per heavy atom. The van der Waals surface area contributed by atoms with Crippen LogP contribution in [0.25, 0.3) is 0 Å². The maximum atomic E-state index is 13.9. The second-order valence-corrected chi connectivity index (χ2v) is 11.4. The smallest absolute Gasteiger partial charge is 0.264 e. The fraction of sp³-hybridized carbons (Fsp3) is 0.216. The van der Waals surface area contributed by atoms with Crippen molar-refractivity contribution in [3.05, 3.63) is 138 Å². The van der Waals surface area contributed by atoms with E-state index in [1.807, 2.05) is 54.6 Å². The molecule has 0 aromatic heterocycles. The molecule has 9 heteroatoms. The Morgan fingerprint density at radius 2 is 1.61 bits per heavy atom. The molecule has 236 valence electrons. The molecule has 0 radical (unpaired) electrons. The van der Waals surface area contributed by atoms with Gasteiger partial charge in [0.05, 0.1) is 18.8 Å². The fourth-order valence-electron chi connectivity index (χ4n) is 5.63. The van der Waals surface area contributed by atoms with Gasteiger partial charge in [-0.3, -0.25) is 14.4 Å². The summed E-state index contributed by atoms with van der Waals surface area (Å²) in [5, 5.41) is 24.3. The minimum atomic E-state index is -1.82. The minimum absolute atomic E-state index is 0.0635. The zero-order valence-corrected chi connectivity index (χ0v) is 25.7. The predicted molar refractivity (Wildman–Crippen MR) is 179 cm³/mol. The van der Waals surface area contributed by atoms with Gasteiger partial charge in [-0.05, 0) is 53.6 Å². The van der Waals surface area contributed by atoms with Crippen LogP contribution < -0.4 is 16.0 Å². The largest absolute Gasteiger partial charge is 0.399 e. The first-order valence-corrected chi connectivity index (χ1v) is 15.2. The summed E-state index contributed by atoms with van der Waals surface area (Å²) in [6.07, 6.45) is 3.44. The number of aliphatic hydroxyl groups is 2. The van der Waals surface area contributed by atoms with Crippen LogP contribution >= 0.6 is 0 Å². The van der Waals surface area contributed by atoms with Gasteiger partial charge in [0.15, 0.2) is 5.60 Å². The van der Waals surface area contributed by atoms with Crippen molar-refractivity contribution in [1.29, 1.82) is 0 Å². The number of amides is 3. The Morgan fingerprint density at radius 1 is 0.935 bits per heavy atom. The van der Waals surface area contributed by atoms with E-state index in [0.717, 1.165) is 11.1 Å². The lowest BCUT2D eigenvalue weighted by Crippen LogP contribution is -2.44. The number of fused-ring (bicyclic) bond motifs is 1.